The SMILES string of the molecule is CC(NC(C)C(O)c1ccc(F)cc1)c1ccccc1N(C)C. The molecular weight excluding hydrogens is 291 g/mol. The molecule has 2 N–H and O–H groups in total. The molecule has 23 heavy (non-hydrogen) atoms. The van der Waals surface area contributed by atoms with Gasteiger partial charge in [0.1, 0.15) is 5.82 Å². The van der Waals surface area contributed by atoms with Crippen LogP contribution in [0.5, 0.6) is 0 Å². The molecule has 0 heterocycles. The van der Waals surface area contributed by atoms with Crippen LogP contribution in [0.2, 0.25) is 0 Å². The second-order valence-electron chi connectivity index (χ2n) is 6.13. The average Bonchev–Trinajstić information content (AvgIpc) is 2.54. The summed E-state index contributed by atoms with van der Waals surface area (Å²) in [5.41, 5.74) is 3.03. The van der Waals surface area contributed by atoms with Gasteiger partial charge in [-0.05, 0) is 43.2 Å². The largest absolute Gasteiger partial charge is 0.387 e. The van der Waals surface area contributed by atoms with Crippen LogP contribution in [-0.4, -0.2) is 25.2 Å². The van der Waals surface area contributed by atoms with E-state index in [4.69, 9.17) is 0 Å². The summed E-state index contributed by atoms with van der Waals surface area (Å²) in [6.45, 7) is 4.01. The Morgan fingerprint density at radius 3 is 2.22 bits per heavy atom. The summed E-state index contributed by atoms with van der Waals surface area (Å²) in [6, 6.07) is 14.1. The van der Waals surface area contributed by atoms with Crippen LogP contribution in [0.15, 0.2) is 48.5 Å². The van der Waals surface area contributed by atoms with Crippen molar-refractivity contribution in [1.82, 2.24) is 5.32 Å². The molecule has 0 aliphatic carbocycles. The third-order valence-electron chi connectivity index (χ3n) is 4.08. The van der Waals surface area contributed by atoms with E-state index in [2.05, 4.69) is 29.3 Å². The third-order valence-corrected chi connectivity index (χ3v) is 4.08. The van der Waals surface area contributed by atoms with Gasteiger partial charge in [0.05, 0.1) is 6.10 Å². The Balaban J connectivity index is 2.10. The summed E-state index contributed by atoms with van der Waals surface area (Å²) in [5.74, 6) is -0.296. The lowest BCUT2D eigenvalue weighted by molar-refractivity contribution is 0.130. The molecule has 2 rings (SSSR count). The van der Waals surface area contributed by atoms with Crippen LogP contribution in [0.4, 0.5) is 10.1 Å². The van der Waals surface area contributed by atoms with Crippen LogP contribution in [0.3, 0.4) is 0 Å². The summed E-state index contributed by atoms with van der Waals surface area (Å²) in [6.07, 6.45) is -0.690. The topological polar surface area (TPSA) is 35.5 Å². The number of anilines is 1. The second kappa shape index (κ2) is 7.57. The lowest BCUT2D eigenvalue weighted by atomic mass is 10.00. The Morgan fingerprint density at radius 1 is 1.00 bits per heavy atom. The molecule has 0 aliphatic heterocycles. The fourth-order valence-corrected chi connectivity index (χ4v) is 2.78. The number of hydrogen-bond donors (Lipinski definition) is 2. The van der Waals surface area contributed by atoms with E-state index in [0.29, 0.717) is 5.56 Å². The summed E-state index contributed by atoms with van der Waals surface area (Å²) in [4.78, 5) is 2.08. The van der Waals surface area contributed by atoms with E-state index in [1.54, 1.807) is 12.1 Å². The maximum atomic E-state index is 13.0. The van der Waals surface area contributed by atoms with Crippen molar-refractivity contribution in [2.75, 3.05) is 19.0 Å². The second-order valence-corrected chi connectivity index (χ2v) is 6.13. The Bertz CT molecular complexity index is 628. The Morgan fingerprint density at radius 2 is 1.61 bits per heavy atom. The summed E-state index contributed by atoms with van der Waals surface area (Å²) in [5, 5.41) is 13.9. The van der Waals surface area contributed by atoms with Crippen molar-refractivity contribution >= 4 is 5.69 Å². The minimum absolute atomic E-state index is 0.0821. The first-order valence-corrected chi connectivity index (χ1v) is 7.86. The molecule has 0 amide bonds. The smallest absolute Gasteiger partial charge is 0.123 e. The molecule has 0 saturated heterocycles. The van der Waals surface area contributed by atoms with Crippen molar-refractivity contribution in [3.8, 4) is 0 Å². The highest BCUT2D eigenvalue weighted by Crippen LogP contribution is 2.26. The zero-order chi connectivity index (χ0) is 17.0. The average molecular weight is 316 g/mol. The summed E-state index contributed by atoms with van der Waals surface area (Å²) >= 11 is 0. The molecule has 3 unspecified atom stereocenters. The predicted octanol–water partition coefficient (Wildman–Crippen LogP) is 3.66. The number of nitrogens with zero attached hydrogens (tertiary/aromatic N) is 1. The van der Waals surface area contributed by atoms with Gasteiger partial charge in [-0.1, -0.05) is 30.3 Å². The first-order valence-electron chi connectivity index (χ1n) is 7.86. The van der Waals surface area contributed by atoms with Gasteiger partial charge in [-0.25, -0.2) is 4.39 Å². The van der Waals surface area contributed by atoms with Gasteiger partial charge in [0.15, 0.2) is 0 Å². The fourth-order valence-electron chi connectivity index (χ4n) is 2.78. The van der Waals surface area contributed by atoms with Gasteiger partial charge in [-0.15, -0.1) is 0 Å². The molecule has 0 fully saturated rings. The molecule has 2 aromatic carbocycles. The van der Waals surface area contributed by atoms with Gasteiger partial charge < -0.3 is 15.3 Å². The van der Waals surface area contributed by atoms with Gasteiger partial charge in [-0.2, -0.15) is 0 Å². The molecule has 0 aliphatic rings. The van der Waals surface area contributed by atoms with Crippen LogP contribution in [-0.2, 0) is 0 Å². The van der Waals surface area contributed by atoms with Crippen molar-refractivity contribution in [2.24, 2.45) is 0 Å². The number of hydrogen-bond acceptors (Lipinski definition) is 3. The number of benzene rings is 2. The summed E-state index contributed by atoms with van der Waals surface area (Å²) in [7, 11) is 4.03. The maximum Gasteiger partial charge on any atom is 0.123 e. The Kier molecular flexibility index (Phi) is 5.74. The highest BCUT2D eigenvalue weighted by atomic mass is 19.1. The minimum atomic E-state index is -0.690. The zero-order valence-corrected chi connectivity index (χ0v) is 14.1. The monoisotopic (exact) mass is 316 g/mol. The first-order chi connectivity index (χ1) is 10.9. The number of nitrogens with one attached hydrogen (secondary N) is 1. The van der Waals surface area contributed by atoms with E-state index >= 15 is 0 Å². The van der Waals surface area contributed by atoms with Crippen LogP contribution >= 0.6 is 0 Å². The van der Waals surface area contributed by atoms with Crippen molar-refractivity contribution < 1.29 is 9.50 Å². The number of halogens is 1. The molecule has 3 nitrogen and oxygen atoms in total. The molecule has 124 valence electrons. The van der Waals surface area contributed by atoms with Gasteiger partial charge in [0.25, 0.3) is 0 Å². The van der Waals surface area contributed by atoms with Crippen LogP contribution in [0.1, 0.15) is 37.1 Å². The van der Waals surface area contributed by atoms with E-state index < -0.39 is 6.10 Å². The molecule has 0 spiro atoms. The summed E-state index contributed by atoms with van der Waals surface area (Å²) < 4.78 is 13.0. The standard InChI is InChI=1S/C19H25FN2O/c1-13(17-7-5-6-8-18(17)22(3)4)21-14(2)19(23)15-9-11-16(20)12-10-15/h5-14,19,21,23H,1-4H3. The third kappa shape index (κ3) is 4.30. The number of para-hydroxylation sites is 1. The highest BCUT2D eigenvalue weighted by Gasteiger charge is 2.20. The van der Waals surface area contributed by atoms with E-state index in [-0.39, 0.29) is 17.9 Å². The zero-order valence-electron chi connectivity index (χ0n) is 14.1. The molecule has 0 saturated carbocycles. The van der Waals surface area contributed by atoms with Gasteiger partial charge in [0, 0.05) is 31.9 Å². The maximum absolute atomic E-state index is 13.0. The number of rotatable bonds is 6. The van der Waals surface area contributed by atoms with E-state index in [1.807, 2.05) is 33.2 Å². The minimum Gasteiger partial charge on any atom is -0.387 e. The van der Waals surface area contributed by atoms with E-state index in [1.165, 1.54) is 17.7 Å². The van der Waals surface area contributed by atoms with Crippen LogP contribution in [0, 0.1) is 5.82 Å². The number of aliphatic hydroxyl groups is 1. The lowest BCUT2D eigenvalue weighted by Crippen LogP contribution is -2.34. The molecule has 3 atom stereocenters. The fraction of sp³-hybridized carbons (Fsp3) is 0.368. The number of aliphatic hydroxyl groups excluding tert-OH is 1. The first kappa shape index (κ1) is 17.4. The Hall–Kier alpha value is -1.91. The van der Waals surface area contributed by atoms with Gasteiger partial charge in [0.2, 0.25) is 0 Å². The lowest BCUT2D eigenvalue weighted by Gasteiger charge is -2.27. The molecule has 0 bridgehead atoms. The van der Waals surface area contributed by atoms with E-state index in [9.17, 15) is 9.50 Å². The molecule has 0 radical (unpaired) electrons. The van der Waals surface area contributed by atoms with E-state index in [0.717, 1.165) is 5.69 Å². The quantitative estimate of drug-likeness (QED) is 0.853. The van der Waals surface area contributed by atoms with Gasteiger partial charge in [-0.3, -0.25) is 0 Å². The normalized spacial score (nSPS) is 15.0. The van der Waals surface area contributed by atoms with Gasteiger partial charge >= 0.3 is 0 Å². The van der Waals surface area contributed by atoms with Crippen LogP contribution < -0.4 is 10.2 Å². The van der Waals surface area contributed by atoms with Crippen molar-refractivity contribution in [3.05, 3.63) is 65.5 Å². The molecule has 4 heteroatoms. The predicted molar refractivity (Wildman–Crippen MR) is 93.1 cm³/mol. The van der Waals surface area contributed by atoms with Crippen molar-refractivity contribution in [3.63, 3.8) is 0 Å². The highest BCUT2D eigenvalue weighted by molar-refractivity contribution is 5.53. The molecule has 2 aromatic rings. The Labute approximate surface area is 137 Å². The van der Waals surface area contributed by atoms with Crippen LogP contribution in [0.25, 0.3) is 0 Å². The van der Waals surface area contributed by atoms with Crippen molar-refractivity contribution in [1.29, 1.82) is 0 Å². The molecule has 0 aromatic heterocycles. The van der Waals surface area contributed by atoms with Crippen molar-refractivity contribution in [2.45, 2.75) is 32.0 Å². The molecular formula is C19H25FN2O.